The van der Waals surface area contributed by atoms with Gasteiger partial charge in [0.2, 0.25) is 0 Å². The molecule has 0 radical (unpaired) electrons. The van der Waals surface area contributed by atoms with Gasteiger partial charge in [0.1, 0.15) is 0 Å². The molecule has 0 amide bonds. The zero-order chi connectivity index (χ0) is 9.31. The Morgan fingerprint density at radius 2 is 2.31 bits per heavy atom. The minimum atomic E-state index is 0.201. The summed E-state index contributed by atoms with van der Waals surface area (Å²) in [5.41, 5.74) is 0.201. The first-order valence-corrected chi connectivity index (χ1v) is 5.59. The van der Waals surface area contributed by atoms with E-state index in [-0.39, 0.29) is 5.60 Å². The van der Waals surface area contributed by atoms with E-state index in [4.69, 9.17) is 4.74 Å². The highest BCUT2D eigenvalue weighted by atomic mass is 16.5. The zero-order valence-corrected chi connectivity index (χ0v) is 8.81. The largest absolute Gasteiger partial charge is 0.374 e. The van der Waals surface area contributed by atoms with Crippen molar-refractivity contribution >= 4 is 0 Å². The minimum Gasteiger partial charge on any atom is -0.374 e. The van der Waals surface area contributed by atoms with Crippen molar-refractivity contribution in [2.24, 2.45) is 11.8 Å². The Morgan fingerprint density at radius 3 is 2.77 bits per heavy atom. The number of hydrogen-bond donors (Lipinski definition) is 1. The maximum Gasteiger partial charge on any atom is 0.0836 e. The molecule has 2 heteroatoms. The van der Waals surface area contributed by atoms with Gasteiger partial charge in [0, 0.05) is 13.2 Å². The normalized spacial score (nSPS) is 42.9. The number of rotatable bonds is 4. The summed E-state index contributed by atoms with van der Waals surface area (Å²) in [6, 6.07) is 0. The molecule has 2 saturated carbocycles. The Bertz CT molecular complexity index is 175. The zero-order valence-electron chi connectivity index (χ0n) is 8.81. The van der Waals surface area contributed by atoms with Crippen LogP contribution < -0.4 is 5.32 Å². The predicted octanol–water partition coefficient (Wildman–Crippen LogP) is 1.80. The molecule has 0 aliphatic heterocycles. The second-order valence-corrected chi connectivity index (χ2v) is 4.61. The standard InChI is InChI=1S/C11H21NO/c1-3-13-11(8-12-2)7-9-4-5-10(11)6-9/h9-10,12H,3-8H2,1-2H3. The van der Waals surface area contributed by atoms with Crippen molar-refractivity contribution in [2.45, 2.75) is 38.2 Å². The molecular formula is C11H21NO. The van der Waals surface area contributed by atoms with Crippen molar-refractivity contribution < 1.29 is 4.74 Å². The topological polar surface area (TPSA) is 21.3 Å². The van der Waals surface area contributed by atoms with Gasteiger partial charge in [-0.05, 0) is 51.5 Å². The number of likely N-dealkylation sites (N-methyl/N-ethyl adjacent to an activating group) is 1. The lowest BCUT2D eigenvalue weighted by Gasteiger charge is -2.37. The van der Waals surface area contributed by atoms with Gasteiger partial charge in [-0.2, -0.15) is 0 Å². The Kier molecular flexibility index (Phi) is 2.61. The van der Waals surface area contributed by atoms with Crippen molar-refractivity contribution in [1.82, 2.24) is 5.32 Å². The summed E-state index contributed by atoms with van der Waals surface area (Å²) in [6.45, 7) is 4.02. The Labute approximate surface area is 81.0 Å². The van der Waals surface area contributed by atoms with Crippen molar-refractivity contribution in [1.29, 1.82) is 0 Å². The van der Waals surface area contributed by atoms with E-state index in [1.54, 1.807) is 0 Å². The van der Waals surface area contributed by atoms with E-state index in [0.717, 1.165) is 25.0 Å². The fourth-order valence-corrected chi connectivity index (χ4v) is 3.42. The van der Waals surface area contributed by atoms with Gasteiger partial charge < -0.3 is 10.1 Å². The van der Waals surface area contributed by atoms with E-state index in [1.807, 2.05) is 7.05 Å². The number of nitrogens with one attached hydrogen (secondary N) is 1. The lowest BCUT2D eigenvalue weighted by atomic mass is 9.84. The van der Waals surface area contributed by atoms with Crippen LogP contribution in [-0.2, 0) is 4.74 Å². The molecule has 1 N–H and O–H groups in total. The summed E-state index contributed by atoms with van der Waals surface area (Å²) in [6.07, 6.45) is 5.56. The van der Waals surface area contributed by atoms with E-state index in [1.165, 1.54) is 25.7 Å². The van der Waals surface area contributed by atoms with Crippen LogP contribution >= 0.6 is 0 Å². The summed E-state index contributed by atoms with van der Waals surface area (Å²) < 4.78 is 6.00. The van der Waals surface area contributed by atoms with Crippen LogP contribution in [-0.4, -0.2) is 25.8 Å². The fourth-order valence-electron chi connectivity index (χ4n) is 3.42. The van der Waals surface area contributed by atoms with Crippen molar-refractivity contribution in [3.8, 4) is 0 Å². The first-order chi connectivity index (χ1) is 6.30. The van der Waals surface area contributed by atoms with Crippen LogP contribution in [0.3, 0.4) is 0 Å². The molecule has 2 bridgehead atoms. The summed E-state index contributed by atoms with van der Waals surface area (Å²) in [4.78, 5) is 0. The quantitative estimate of drug-likeness (QED) is 0.717. The third-order valence-electron chi connectivity index (χ3n) is 3.83. The molecule has 0 aromatic carbocycles. The van der Waals surface area contributed by atoms with Crippen molar-refractivity contribution in [2.75, 3.05) is 20.2 Å². The van der Waals surface area contributed by atoms with Crippen LogP contribution in [0.4, 0.5) is 0 Å². The average molecular weight is 183 g/mol. The smallest absolute Gasteiger partial charge is 0.0836 e. The van der Waals surface area contributed by atoms with Gasteiger partial charge in [-0.1, -0.05) is 0 Å². The summed E-state index contributed by atoms with van der Waals surface area (Å²) in [5.74, 6) is 1.80. The van der Waals surface area contributed by atoms with Crippen LogP contribution in [0.15, 0.2) is 0 Å². The van der Waals surface area contributed by atoms with Crippen LogP contribution in [0.1, 0.15) is 32.6 Å². The van der Waals surface area contributed by atoms with E-state index in [0.29, 0.717) is 0 Å². The first-order valence-electron chi connectivity index (χ1n) is 5.59. The number of ether oxygens (including phenoxy) is 1. The molecule has 0 aromatic heterocycles. The first kappa shape index (κ1) is 9.47. The van der Waals surface area contributed by atoms with Gasteiger partial charge in [-0.3, -0.25) is 0 Å². The third kappa shape index (κ3) is 1.50. The SMILES string of the molecule is CCOC1(CNC)CC2CCC1C2. The van der Waals surface area contributed by atoms with Crippen LogP contribution in [0.25, 0.3) is 0 Å². The molecule has 0 heterocycles. The van der Waals surface area contributed by atoms with Gasteiger partial charge in [0.05, 0.1) is 5.60 Å². The molecule has 2 nitrogen and oxygen atoms in total. The molecule has 76 valence electrons. The molecule has 3 atom stereocenters. The second-order valence-electron chi connectivity index (χ2n) is 4.61. The van der Waals surface area contributed by atoms with Gasteiger partial charge in [0.15, 0.2) is 0 Å². The van der Waals surface area contributed by atoms with Crippen LogP contribution in [0.5, 0.6) is 0 Å². The van der Waals surface area contributed by atoms with Gasteiger partial charge >= 0.3 is 0 Å². The molecule has 2 aliphatic carbocycles. The fraction of sp³-hybridized carbons (Fsp3) is 1.00. The third-order valence-corrected chi connectivity index (χ3v) is 3.83. The molecule has 2 rings (SSSR count). The summed E-state index contributed by atoms with van der Waals surface area (Å²) in [5, 5.41) is 3.30. The molecular weight excluding hydrogens is 162 g/mol. The van der Waals surface area contributed by atoms with Gasteiger partial charge in [0.25, 0.3) is 0 Å². The summed E-state index contributed by atoms with van der Waals surface area (Å²) >= 11 is 0. The molecule has 0 saturated heterocycles. The highest BCUT2D eigenvalue weighted by Crippen LogP contribution is 2.52. The number of hydrogen-bond acceptors (Lipinski definition) is 2. The Hall–Kier alpha value is -0.0800. The Morgan fingerprint density at radius 1 is 1.46 bits per heavy atom. The molecule has 13 heavy (non-hydrogen) atoms. The Balaban J connectivity index is 2.05. The van der Waals surface area contributed by atoms with E-state index < -0.39 is 0 Å². The minimum absolute atomic E-state index is 0.201. The van der Waals surface area contributed by atoms with Crippen molar-refractivity contribution in [3.63, 3.8) is 0 Å². The van der Waals surface area contributed by atoms with Crippen molar-refractivity contribution in [3.05, 3.63) is 0 Å². The van der Waals surface area contributed by atoms with E-state index in [2.05, 4.69) is 12.2 Å². The molecule has 2 fully saturated rings. The highest BCUT2D eigenvalue weighted by Gasteiger charge is 2.51. The number of fused-ring (bicyclic) bond motifs is 2. The van der Waals surface area contributed by atoms with E-state index >= 15 is 0 Å². The molecule has 0 spiro atoms. The molecule has 0 aromatic rings. The molecule has 2 aliphatic rings. The highest BCUT2D eigenvalue weighted by molar-refractivity contribution is 5.03. The molecule has 3 unspecified atom stereocenters. The lowest BCUT2D eigenvalue weighted by molar-refractivity contribution is -0.0751. The average Bonchev–Trinajstić information content (AvgIpc) is 2.64. The monoisotopic (exact) mass is 183 g/mol. The van der Waals surface area contributed by atoms with E-state index in [9.17, 15) is 0 Å². The van der Waals surface area contributed by atoms with Crippen LogP contribution in [0.2, 0.25) is 0 Å². The maximum atomic E-state index is 6.00. The summed E-state index contributed by atoms with van der Waals surface area (Å²) in [7, 11) is 2.03. The maximum absolute atomic E-state index is 6.00. The second kappa shape index (κ2) is 3.58. The van der Waals surface area contributed by atoms with Crippen LogP contribution in [0, 0.1) is 11.8 Å². The predicted molar refractivity (Wildman–Crippen MR) is 53.7 cm³/mol. The van der Waals surface area contributed by atoms with Gasteiger partial charge in [-0.25, -0.2) is 0 Å². The lowest BCUT2D eigenvalue weighted by Crippen LogP contribution is -2.46. The van der Waals surface area contributed by atoms with Gasteiger partial charge in [-0.15, -0.1) is 0 Å².